The van der Waals surface area contributed by atoms with Crippen LogP contribution in [0.1, 0.15) is 51.9 Å². The van der Waals surface area contributed by atoms with Crippen molar-refractivity contribution in [2.45, 2.75) is 62.4 Å². The first-order valence-electron chi connectivity index (χ1n) is 8.03. The number of Topliss-reactive ketones (excluding diaryl/α,β-unsaturated/α-hetero) is 1. The fourth-order valence-corrected chi connectivity index (χ4v) is 5.52. The third-order valence-electron chi connectivity index (χ3n) is 4.98. The van der Waals surface area contributed by atoms with Gasteiger partial charge in [-0.2, -0.15) is 0 Å². The Bertz CT molecular complexity index is 450. The smallest absolute Gasteiger partial charge is 0.316 e. The molecule has 0 aliphatic heterocycles. The fourth-order valence-electron chi connectivity index (χ4n) is 3.92. The maximum Gasteiger partial charge on any atom is 0.316 e. The zero-order chi connectivity index (χ0) is 16.3. The van der Waals surface area contributed by atoms with Crippen LogP contribution >= 0.6 is 11.8 Å². The first-order chi connectivity index (χ1) is 10.4. The van der Waals surface area contributed by atoms with Crippen LogP contribution in [0.2, 0.25) is 0 Å². The van der Waals surface area contributed by atoms with Gasteiger partial charge in [-0.1, -0.05) is 0 Å². The summed E-state index contributed by atoms with van der Waals surface area (Å²) in [6.45, 7) is 1.69. The Hall–Kier alpha value is -1.04. The van der Waals surface area contributed by atoms with E-state index < -0.39 is 17.2 Å². The predicted octanol–water partition coefficient (Wildman–Crippen LogP) is 2.82. The van der Waals surface area contributed by atoms with Crippen molar-refractivity contribution < 1.29 is 24.6 Å². The van der Waals surface area contributed by atoms with Crippen molar-refractivity contribution in [2.75, 3.05) is 0 Å². The maximum atomic E-state index is 12.5. The van der Waals surface area contributed by atoms with Gasteiger partial charge >= 0.3 is 11.9 Å². The van der Waals surface area contributed by atoms with Gasteiger partial charge in [0.15, 0.2) is 0 Å². The standard InChI is InChI=1S/C16H24O5S/c1-9(16(20)21)22-15-11-7-6-10(8-11)14(15)12(17)4-2-3-5-13(18)19/h9-11,14-15H,2-8H2,1H3,(H,18,19)(H,20,21)/t9?,10-,11+,14+,15-/m0/s1. The minimum absolute atomic E-state index is 0.0182. The van der Waals surface area contributed by atoms with E-state index in [1.807, 2.05) is 0 Å². The van der Waals surface area contributed by atoms with Gasteiger partial charge in [0.2, 0.25) is 0 Å². The van der Waals surface area contributed by atoms with Gasteiger partial charge in [-0.3, -0.25) is 14.4 Å². The second-order valence-electron chi connectivity index (χ2n) is 6.51. The maximum absolute atomic E-state index is 12.5. The molecular formula is C16H24O5S. The lowest BCUT2D eigenvalue weighted by Gasteiger charge is -2.30. The van der Waals surface area contributed by atoms with Crippen molar-refractivity contribution in [1.29, 1.82) is 0 Å². The van der Waals surface area contributed by atoms with Gasteiger partial charge in [-0.15, -0.1) is 11.8 Å². The number of unbranched alkanes of at least 4 members (excludes halogenated alkanes) is 1. The highest BCUT2D eigenvalue weighted by molar-refractivity contribution is 8.01. The summed E-state index contributed by atoms with van der Waals surface area (Å²) in [6, 6.07) is 0. The molecule has 0 aromatic heterocycles. The van der Waals surface area contributed by atoms with Crippen molar-refractivity contribution in [1.82, 2.24) is 0 Å². The first-order valence-corrected chi connectivity index (χ1v) is 8.97. The Balaban J connectivity index is 1.90. The summed E-state index contributed by atoms with van der Waals surface area (Å²) in [5.41, 5.74) is 0. The zero-order valence-corrected chi connectivity index (χ0v) is 13.7. The predicted molar refractivity (Wildman–Crippen MR) is 83.9 cm³/mol. The Morgan fingerprint density at radius 3 is 2.36 bits per heavy atom. The molecule has 6 heteroatoms. The number of aliphatic carboxylic acids is 2. The summed E-state index contributed by atoms with van der Waals surface area (Å²) in [5.74, 6) is -0.556. The highest BCUT2D eigenvalue weighted by Crippen LogP contribution is 2.54. The van der Waals surface area contributed by atoms with Crippen LogP contribution in [0.15, 0.2) is 0 Å². The van der Waals surface area contributed by atoms with E-state index in [-0.39, 0.29) is 23.4 Å². The Kier molecular flexibility index (Phi) is 5.89. The molecule has 0 amide bonds. The Morgan fingerprint density at radius 2 is 1.73 bits per heavy atom. The van der Waals surface area contributed by atoms with Crippen LogP contribution in [0.3, 0.4) is 0 Å². The highest BCUT2D eigenvalue weighted by atomic mass is 32.2. The average Bonchev–Trinajstić information content (AvgIpc) is 3.04. The van der Waals surface area contributed by atoms with E-state index in [0.717, 1.165) is 19.3 Å². The number of carboxylic acids is 2. The van der Waals surface area contributed by atoms with Gasteiger partial charge in [0, 0.05) is 24.0 Å². The molecule has 0 saturated heterocycles. The van der Waals surface area contributed by atoms with Crippen molar-refractivity contribution in [3.05, 3.63) is 0 Å². The number of rotatable bonds is 9. The van der Waals surface area contributed by atoms with Crippen LogP contribution in [-0.4, -0.2) is 38.4 Å². The number of carbonyl (C=O) groups is 3. The summed E-state index contributed by atoms with van der Waals surface area (Å²) in [7, 11) is 0. The minimum atomic E-state index is -0.823. The van der Waals surface area contributed by atoms with Gasteiger partial charge in [0.05, 0.1) is 5.25 Å². The molecular weight excluding hydrogens is 304 g/mol. The van der Waals surface area contributed by atoms with Crippen molar-refractivity contribution in [3.8, 4) is 0 Å². The van der Waals surface area contributed by atoms with Crippen LogP contribution in [-0.2, 0) is 14.4 Å². The van der Waals surface area contributed by atoms with Crippen molar-refractivity contribution >= 4 is 29.5 Å². The quantitative estimate of drug-likeness (QED) is 0.632. The Morgan fingerprint density at radius 1 is 1.09 bits per heavy atom. The lowest BCUT2D eigenvalue weighted by molar-refractivity contribution is -0.137. The summed E-state index contributed by atoms with van der Waals surface area (Å²) in [5, 5.41) is 17.4. The molecule has 2 aliphatic carbocycles. The SMILES string of the molecule is CC(S[C@H]1[C@@H]2CC[C@@H](C2)[C@@H]1C(=O)CCCCC(=O)O)C(=O)O. The third kappa shape index (κ3) is 4.03. The van der Waals surface area contributed by atoms with E-state index in [9.17, 15) is 14.4 Å². The zero-order valence-electron chi connectivity index (χ0n) is 12.9. The molecule has 2 aliphatic rings. The lowest BCUT2D eigenvalue weighted by atomic mass is 9.83. The van der Waals surface area contributed by atoms with Gasteiger partial charge < -0.3 is 10.2 Å². The molecule has 2 N–H and O–H groups in total. The molecule has 0 spiro atoms. The van der Waals surface area contributed by atoms with Crippen LogP contribution in [0.25, 0.3) is 0 Å². The second-order valence-corrected chi connectivity index (χ2v) is 8.03. The molecule has 2 bridgehead atoms. The molecule has 2 fully saturated rings. The number of thioether (sulfide) groups is 1. The highest BCUT2D eigenvalue weighted by Gasteiger charge is 2.51. The molecule has 1 unspecified atom stereocenters. The van der Waals surface area contributed by atoms with Crippen LogP contribution < -0.4 is 0 Å². The number of hydrogen-bond donors (Lipinski definition) is 2. The van der Waals surface area contributed by atoms with E-state index in [4.69, 9.17) is 10.2 Å². The molecule has 0 radical (unpaired) electrons. The number of ketones is 1. The van der Waals surface area contributed by atoms with E-state index in [1.54, 1.807) is 6.92 Å². The molecule has 2 saturated carbocycles. The summed E-state index contributed by atoms with van der Waals surface area (Å²) in [6.07, 6.45) is 4.93. The fraction of sp³-hybridized carbons (Fsp3) is 0.812. The summed E-state index contributed by atoms with van der Waals surface area (Å²) >= 11 is 1.44. The molecule has 2 rings (SSSR count). The largest absolute Gasteiger partial charge is 0.481 e. The van der Waals surface area contributed by atoms with E-state index in [0.29, 0.717) is 31.1 Å². The normalized spacial score (nSPS) is 31.1. The summed E-state index contributed by atoms with van der Waals surface area (Å²) in [4.78, 5) is 34.1. The molecule has 124 valence electrons. The average molecular weight is 328 g/mol. The number of carboxylic acid groups (broad SMARTS) is 2. The number of fused-ring (bicyclic) bond motifs is 2. The van der Waals surface area contributed by atoms with E-state index in [1.165, 1.54) is 11.8 Å². The van der Waals surface area contributed by atoms with E-state index >= 15 is 0 Å². The van der Waals surface area contributed by atoms with Crippen LogP contribution in [0, 0.1) is 17.8 Å². The van der Waals surface area contributed by atoms with Crippen molar-refractivity contribution in [2.24, 2.45) is 17.8 Å². The second kappa shape index (κ2) is 7.49. The van der Waals surface area contributed by atoms with Gasteiger partial charge in [0.25, 0.3) is 0 Å². The first kappa shape index (κ1) is 17.3. The van der Waals surface area contributed by atoms with Crippen LogP contribution in [0.4, 0.5) is 0 Å². The van der Waals surface area contributed by atoms with Crippen LogP contribution in [0.5, 0.6) is 0 Å². The molecule has 0 heterocycles. The minimum Gasteiger partial charge on any atom is -0.481 e. The monoisotopic (exact) mass is 328 g/mol. The number of hydrogen-bond acceptors (Lipinski definition) is 4. The Labute approximate surface area is 134 Å². The summed E-state index contributed by atoms with van der Waals surface area (Å²) < 4.78 is 0. The molecule has 5 atom stereocenters. The molecule has 0 aromatic carbocycles. The van der Waals surface area contributed by atoms with Gasteiger partial charge in [-0.25, -0.2) is 0 Å². The number of carbonyl (C=O) groups excluding carboxylic acids is 1. The van der Waals surface area contributed by atoms with E-state index in [2.05, 4.69) is 0 Å². The molecule has 22 heavy (non-hydrogen) atoms. The van der Waals surface area contributed by atoms with Gasteiger partial charge in [0.1, 0.15) is 5.78 Å². The topological polar surface area (TPSA) is 91.7 Å². The van der Waals surface area contributed by atoms with Crippen molar-refractivity contribution in [3.63, 3.8) is 0 Å². The third-order valence-corrected chi connectivity index (χ3v) is 6.59. The van der Waals surface area contributed by atoms with Gasteiger partial charge in [-0.05, 0) is 50.9 Å². The lowest BCUT2D eigenvalue weighted by Crippen LogP contribution is -2.34. The molecule has 0 aromatic rings. The molecule has 5 nitrogen and oxygen atoms in total.